The van der Waals surface area contributed by atoms with Crippen molar-refractivity contribution in [1.29, 1.82) is 0 Å². The van der Waals surface area contributed by atoms with Crippen molar-refractivity contribution < 1.29 is 42.9 Å². The fourth-order valence-electron chi connectivity index (χ4n) is 7.32. The third-order valence-corrected chi connectivity index (χ3v) is 12.0. The van der Waals surface area contributed by atoms with Gasteiger partial charge in [0.1, 0.15) is 13.2 Å². The number of carboxylic acids is 1. The van der Waals surface area contributed by atoms with Crippen LogP contribution in [0, 0.1) is 0 Å². The fourth-order valence-corrected chi connectivity index (χ4v) is 7.32. The molecule has 0 rings (SSSR count). The lowest BCUT2D eigenvalue weighted by Gasteiger charge is -2.26. The first-order chi connectivity index (χ1) is 40.6. The Kier molecular flexibility index (Phi) is 57.4. The number of likely N-dealkylation sites (N-methyl/N-ethyl adjacent to an activating group) is 1. The zero-order valence-electron chi connectivity index (χ0n) is 52.2. The average molecular weight is 1140 g/mol. The second-order valence-corrected chi connectivity index (χ2v) is 20.9. The van der Waals surface area contributed by atoms with E-state index in [0.29, 0.717) is 23.9 Å². The van der Waals surface area contributed by atoms with Crippen molar-refractivity contribution in [1.82, 2.24) is 0 Å². The Morgan fingerprint density at radius 1 is 0.361 bits per heavy atom. The second kappa shape index (κ2) is 61.9. The highest BCUT2D eigenvalue weighted by molar-refractivity contribution is 5.70. The number of esters is 2. The summed E-state index contributed by atoms with van der Waals surface area (Å²) in [6, 6.07) is 0. The van der Waals surface area contributed by atoms with Gasteiger partial charge in [-0.1, -0.05) is 233 Å². The lowest BCUT2D eigenvalue weighted by atomic mass is 10.1. The number of aliphatic carboxylic acids is 1. The van der Waals surface area contributed by atoms with Gasteiger partial charge in [-0.05, 0) is 141 Å². The average Bonchev–Trinajstić information content (AvgIpc) is 3.46. The predicted molar refractivity (Wildman–Crippen MR) is 351 cm³/mol. The van der Waals surface area contributed by atoms with Crippen molar-refractivity contribution in [2.45, 2.75) is 193 Å². The number of ether oxygens (including phenoxy) is 4. The van der Waals surface area contributed by atoms with Gasteiger partial charge in [-0.15, -0.1) is 0 Å². The summed E-state index contributed by atoms with van der Waals surface area (Å²) in [6.07, 6.45) is 94.7. The van der Waals surface area contributed by atoms with Gasteiger partial charge in [0.05, 0.1) is 40.3 Å². The molecule has 0 fully saturated rings. The van der Waals surface area contributed by atoms with E-state index in [1.807, 2.05) is 21.1 Å². The molecule has 9 nitrogen and oxygen atoms in total. The molecule has 2 atom stereocenters. The van der Waals surface area contributed by atoms with E-state index in [0.717, 1.165) is 141 Å². The molecule has 2 unspecified atom stereocenters. The first-order valence-electron chi connectivity index (χ1n) is 31.2. The zero-order chi connectivity index (χ0) is 60.5. The lowest BCUT2D eigenvalue weighted by Crippen LogP contribution is -2.44. The molecule has 0 aromatic heterocycles. The molecule has 460 valence electrons. The van der Waals surface area contributed by atoms with Crippen LogP contribution in [0.3, 0.4) is 0 Å². The quantitative estimate of drug-likeness (QED) is 0.0195. The van der Waals surface area contributed by atoms with Gasteiger partial charge < -0.3 is 33.3 Å². The van der Waals surface area contributed by atoms with Crippen LogP contribution in [-0.4, -0.2) is 82.3 Å². The van der Waals surface area contributed by atoms with E-state index in [9.17, 15) is 19.5 Å². The molecule has 9 heteroatoms. The fraction of sp³-hybridized carbons (Fsp3) is 0.500. The second-order valence-electron chi connectivity index (χ2n) is 20.9. The summed E-state index contributed by atoms with van der Waals surface area (Å²) in [5.41, 5.74) is 0. The van der Waals surface area contributed by atoms with Crippen LogP contribution in [0.4, 0.5) is 0 Å². The summed E-state index contributed by atoms with van der Waals surface area (Å²) in [5, 5.41) is 11.8. The minimum absolute atomic E-state index is 0.121. The smallest absolute Gasteiger partial charge is 0.306 e. The van der Waals surface area contributed by atoms with Gasteiger partial charge in [-0.25, -0.2) is 0 Å². The molecule has 0 radical (unpaired) electrons. The minimum Gasteiger partial charge on any atom is -0.545 e. The summed E-state index contributed by atoms with van der Waals surface area (Å²) in [6.45, 7) is 4.37. The largest absolute Gasteiger partial charge is 0.545 e. The Balaban J connectivity index is 4.32. The number of hydrogen-bond acceptors (Lipinski definition) is 8. The highest BCUT2D eigenvalue weighted by Gasteiger charge is 2.22. The molecular weight excluding hydrogens is 1030 g/mol. The van der Waals surface area contributed by atoms with Gasteiger partial charge in [-0.2, -0.15) is 0 Å². The number of carbonyl (C=O) groups is 3. The van der Waals surface area contributed by atoms with Crippen molar-refractivity contribution in [2.75, 3.05) is 47.5 Å². The number of unbranched alkanes of at least 4 members (excludes halogenated alkanes) is 5. The molecule has 0 amide bonds. The minimum atomic E-state index is -1.66. The summed E-state index contributed by atoms with van der Waals surface area (Å²) in [4.78, 5) is 37.3. The van der Waals surface area contributed by atoms with Gasteiger partial charge >= 0.3 is 11.9 Å². The highest BCUT2D eigenvalue weighted by atomic mass is 16.7. The third-order valence-electron chi connectivity index (χ3n) is 12.0. The first kappa shape index (κ1) is 76.9. The van der Waals surface area contributed by atoms with E-state index < -0.39 is 30.3 Å². The van der Waals surface area contributed by atoms with Crippen molar-refractivity contribution in [3.05, 3.63) is 207 Å². The number of hydrogen-bond donors (Lipinski definition) is 0. The van der Waals surface area contributed by atoms with Crippen molar-refractivity contribution >= 4 is 17.9 Å². The number of nitrogens with zero attached hydrogens (tertiary/aromatic N) is 1. The topological polar surface area (TPSA) is 111 Å². The Morgan fingerprint density at radius 3 is 0.988 bits per heavy atom. The standard InChI is InChI=1S/C74H111NO8/c1-6-8-10-12-14-16-18-20-22-24-25-26-27-28-29-30-31-32-33-34-35-36-37-38-39-40-41-42-43-44-45-46-47-49-51-53-55-57-59-61-63-65-72(77)83-70(69-82-74(73(78)79)80-67-66-75(3,4)5)68-81-71(76)64-62-60-58-56-54-52-50-48-23-21-19-17-15-13-11-9-7-2/h8-11,14-17,20-23,25-26,28-29,31-32,34-35,37-38,40-41,43-44,46-47,50-53,56,58,70,74H,6-7,12-13,18-19,24,27,30,33,36,39,42,45,48-49,54-55,57,59-69H2,1-5H3/b10-8-,11-9-,16-14-,17-15-,22-20-,23-21-,26-25-,29-28-,32-31-,35-34-,38-37-,41-40-,44-43-,47-46-,52-50-,53-51-,58-56-. The van der Waals surface area contributed by atoms with Crippen molar-refractivity contribution in [2.24, 2.45) is 0 Å². The summed E-state index contributed by atoms with van der Waals surface area (Å²) in [7, 11) is 5.87. The molecule has 0 heterocycles. The molecule has 0 aliphatic heterocycles. The maximum absolute atomic E-state index is 12.9. The van der Waals surface area contributed by atoms with Crippen LogP contribution in [0.1, 0.15) is 181 Å². The van der Waals surface area contributed by atoms with Crippen LogP contribution in [-0.2, 0) is 33.3 Å². The molecule has 0 aromatic carbocycles. The van der Waals surface area contributed by atoms with Crippen LogP contribution in [0.2, 0.25) is 0 Å². The van der Waals surface area contributed by atoms with Crippen LogP contribution in [0.15, 0.2) is 207 Å². The third kappa shape index (κ3) is 63.3. The van der Waals surface area contributed by atoms with Crippen LogP contribution in [0.5, 0.6) is 0 Å². The Bertz CT molecular complexity index is 2110. The van der Waals surface area contributed by atoms with E-state index in [-0.39, 0.29) is 32.7 Å². The van der Waals surface area contributed by atoms with Crippen molar-refractivity contribution in [3.8, 4) is 0 Å². The Hall–Kier alpha value is -6.13. The van der Waals surface area contributed by atoms with E-state index >= 15 is 0 Å². The maximum atomic E-state index is 12.9. The van der Waals surface area contributed by atoms with Crippen LogP contribution in [0.25, 0.3) is 0 Å². The van der Waals surface area contributed by atoms with Crippen LogP contribution < -0.4 is 5.11 Å². The highest BCUT2D eigenvalue weighted by Crippen LogP contribution is 2.11. The molecule has 0 saturated heterocycles. The SMILES string of the molecule is CC/C=C\C/C=C\C/C=C\C/C=C\C/C=C\C/C=C\C/C=C\C/C=C\C/C=C\C/C=C\C/C=C\C/C=C\CCCCCCC(=O)OC(COC(=O)CCC/C=C\C/C=C\C/C=C\C/C=C\C/C=C\CC)COC(OCC[N+](C)(C)C)C(=O)[O-]. The van der Waals surface area contributed by atoms with E-state index in [4.69, 9.17) is 18.9 Å². The van der Waals surface area contributed by atoms with E-state index in [2.05, 4.69) is 220 Å². The normalized spacial score (nSPS) is 14.2. The molecule has 0 N–H and O–H groups in total. The predicted octanol–water partition coefficient (Wildman–Crippen LogP) is 17.9. The molecule has 0 aliphatic rings. The Labute approximate surface area is 505 Å². The summed E-state index contributed by atoms with van der Waals surface area (Å²) < 4.78 is 22.6. The van der Waals surface area contributed by atoms with Crippen molar-refractivity contribution in [3.63, 3.8) is 0 Å². The monoisotopic (exact) mass is 1140 g/mol. The first-order valence-corrected chi connectivity index (χ1v) is 31.2. The maximum Gasteiger partial charge on any atom is 0.306 e. The van der Waals surface area contributed by atoms with Gasteiger partial charge in [0.25, 0.3) is 0 Å². The van der Waals surface area contributed by atoms with E-state index in [1.54, 1.807) is 0 Å². The number of allylic oxidation sites excluding steroid dienone is 34. The van der Waals surface area contributed by atoms with E-state index in [1.165, 1.54) is 0 Å². The summed E-state index contributed by atoms with van der Waals surface area (Å²) >= 11 is 0. The molecular formula is C74H111NO8. The number of carbonyl (C=O) groups excluding carboxylic acids is 3. The lowest BCUT2D eigenvalue weighted by molar-refractivity contribution is -0.870. The molecule has 0 spiro atoms. The number of rotatable bonds is 54. The molecule has 0 saturated carbocycles. The molecule has 0 aliphatic carbocycles. The van der Waals surface area contributed by atoms with Gasteiger partial charge in [0, 0.05) is 12.8 Å². The molecule has 0 bridgehead atoms. The van der Waals surface area contributed by atoms with Gasteiger partial charge in [-0.3, -0.25) is 9.59 Å². The molecule has 0 aromatic rings. The molecule has 83 heavy (non-hydrogen) atoms. The Morgan fingerprint density at radius 2 is 0.663 bits per heavy atom. The summed E-state index contributed by atoms with van der Waals surface area (Å²) in [5.74, 6) is -2.43. The van der Waals surface area contributed by atoms with Gasteiger partial charge in [0.15, 0.2) is 12.4 Å². The number of carboxylic acid groups (broad SMARTS) is 1. The number of quaternary nitrogens is 1. The van der Waals surface area contributed by atoms with Crippen LogP contribution >= 0.6 is 0 Å². The zero-order valence-corrected chi connectivity index (χ0v) is 52.2. The van der Waals surface area contributed by atoms with Gasteiger partial charge in [0.2, 0.25) is 0 Å².